The largest absolute Gasteiger partial charge is 0.350 e. The third kappa shape index (κ3) is 3.26. The third-order valence-corrected chi connectivity index (χ3v) is 4.25. The van der Waals surface area contributed by atoms with Crippen LogP contribution in [0.25, 0.3) is 5.69 Å². The average molecular weight is 340 g/mol. The van der Waals surface area contributed by atoms with Gasteiger partial charge in [0.25, 0.3) is 5.91 Å². The van der Waals surface area contributed by atoms with Gasteiger partial charge in [-0.05, 0) is 32.0 Å². The molecule has 0 atom stereocenters. The van der Waals surface area contributed by atoms with E-state index in [4.69, 9.17) is 0 Å². The van der Waals surface area contributed by atoms with Crippen LogP contribution < -0.4 is 10.6 Å². The van der Waals surface area contributed by atoms with Crippen molar-refractivity contribution in [2.24, 2.45) is 0 Å². The lowest BCUT2D eigenvalue weighted by atomic mass is 10.2. The van der Waals surface area contributed by atoms with Crippen molar-refractivity contribution in [2.75, 3.05) is 19.6 Å². The standard InChI is InChI=1S/C18H20N4O3/c1-12-10-15(13(2)22(12)14-6-4-3-5-7-14)17(24)19-8-9-21-16(23)11-20-18(21)25/h3-7,10H,8-9,11H2,1-2H3,(H,19,24)(H,20,25). The minimum atomic E-state index is -0.415. The number of rotatable bonds is 5. The summed E-state index contributed by atoms with van der Waals surface area (Å²) in [4.78, 5) is 36.6. The van der Waals surface area contributed by atoms with E-state index in [1.807, 2.05) is 54.8 Å². The molecule has 1 aliphatic rings. The zero-order valence-electron chi connectivity index (χ0n) is 14.2. The summed E-state index contributed by atoms with van der Waals surface area (Å²) in [5.74, 6) is -0.496. The van der Waals surface area contributed by atoms with Gasteiger partial charge in [0.05, 0.1) is 12.1 Å². The molecule has 25 heavy (non-hydrogen) atoms. The van der Waals surface area contributed by atoms with Gasteiger partial charge in [0.2, 0.25) is 5.91 Å². The fraction of sp³-hybridized carbons (Fsp3) is 0.278. The van der Waals surface area contributed by atoms with Crippen molar-refractivity contribution in [1.29, 1.82) is 0 Å². The molecular weight excluding hydrogens is 320 g/mol. The molecule has 0 saturated carbocycles. The van der Waals surface area contributed by atoms with Crippen molar-refractivity contribution in [3.8, 4) is 5.69 Å². The SMILES string of the molecule is Cc1cc(C(=O)NCCN2C(=O)CNC2=O)c(C)n1-c1ccccc1. The van der Waals surface area contributed by atoms with E-state index in [2.05, 4.69) is 10.6 Å². The number of nitrogens with one attached hydrogen (secondary N) is 2. The van der Waals surface area contributed by atoms with Crippen molar-refractivity contribution in [3.63, 3.8) is 0 Å². The Morgan fingerprint density at radius 3 is 2.56 bits per heavy atom. The van der Waals surface area contributed by atoms with Gasteiger partial charge in [0.1, 0.15) is 0 Å². The molecule has 0 unspecified atom stereocenters. The highest BCUT2D eigenvalue weighted by Crippen LogP contribution is 2.20. The van der Waals surface area contributed by atoms with E-state index in [9.17, 15) is 14.4 Å². The van der Waals surface area contributed by atoms with E-state index in [0.717, 1.165) is 22.0 Å². The molecule has 7 nitrogen and oxygen atoms in total. The van der Waals surface area contributed by atoms with Gasteiger partial charge in [0, 0.05) is 30.2 Å². The monoisotopic (exact) mass is 340 g/mol. The number of imide groups is 1. The van der Waals surface area contributed by atoms with Crippen LogP contribution in [0, 0.1) is 13.8 Å². The molecule has 1 aliphatic heterocycles. The molecule has 0 radical (unpaired) electrons. The van der Waals surface area contributed by atoms with E-state index < -0.39 is 6.03 Å². The Bertz CT molecular complexity index is 810. The van der Waals surface area contributed by atoms with E-state index >= 15 is 0 Å². The molecule has 1 saturated heterocycles. The molecule has 4 amide bonds. The number of nitrogens with zero attached hydrogens (tertiary/aromatic N) is 2. The number of aryl methyl sites for hydroxylation is 1. The minimum absolute atomic E-state index is 0.0189. The summed E-state index contributed by atoms with van der Waals surface area (Å²) in [6, 6.07) is 11.2. The molecule has 1 aromatic heterocycles. The highest BCUT2D eigenvalue weighted by molar-refractivity contribution is 6.02. The van der Waals surface area contributed by atoms with Gasteiger partial charge in [-0.15, -0.1) is 0 Å². The van der Waals surface area contributed by atoms with Crippen LogP contribution >= 0.6 is 0 Å². The summed E-state index contributed by atoms with van der Waals surface area (Å²) in [5.41, 5.74) is 3.38. The molecule has 0 bridgehead atoms. The molecule has 0 aliphatic carbocycles. The molecule has 7 heteroatoms. The van der Waals surface area contributed by atoms with Crippen molar-refractivity contribution in [2.45, 2.75) is 13.8 Å². The molecule has 3 rings (SSSR count). The second-order valence-electron chi connectivity index (χ2n) is 5.92. The summed E-state index contributed by atoms with van der Waals surface area (Å²) in [5, 5.41) is 5.22. The normalized spacial score (nSPS) is 13.9. The predicted molar refractivity (Wildman–Crippen MR) is 92.7 cm³/mol. The van der Waals surface area contributed by atoms with Crippen molar-refractivity contribution < 1.29 is 14.4 Å². The summed E-state index contributed by atoms with van der Waals surface area (Å²) in [7, 11) is 0. The Hall–Kier alpha value is -3.09. The minimum Gasteiger partial charge on any atom is -0.350 e. The molecule has 2 N–H and O–H groups in total. The number of carbonyl (C=O) groups is 3. The fourth-order valence-corrected chi connectivity index (χ4v) is 3.03. The van der Waals surface area contributed by atoms with Gasteiger partial charge in [-0.25, -0.2) is 4.79 Å². The maximum absolute atomic E-state index is 12.5. The topological polar surface area (TPSA) is 83.4 Å². The van der Waals surface area contributed by atoms with Crippen LogP contribution in [0.2, 0.25) is 0 Å². The summed E-state index contributed by atoms with van der Waals surface area (Å²) < 4.78 is 2.02. The molecular formula is C18H20N4O3. The van der Waals surface area contributed by atoms with Gasteiger partial charge >= 0.3 is 6.03 Å². The Morgan fingerprint density at radius 2 is 1.92 bits per heavy atom. The Morgan fingerprint density at radius 1 is 1.20 bits per heavy atom. The number of amides is 4. The van der Waals surface area contributed by atoms with Gasteiger partial charge in [-0.3, -0.25) is 14.5 Å². The number of hydrogen-bond acceptors (Lipinski definition) is 3. The van der Waals surface area contributed by atoms with E-state index in [-0.39, 0.29) is 31.4 Å². The Labute approximate surface area is 145 Å². The lowest BCUT2D eigenvalue weighted by Gasteiger charge is -2.13. The first kappa shape index (κ1) is 16.8. The summed E-state index contributed by atoms with van der Waals surface area (Å²) >= 11 is 0. The van der Waals surface area contributed by atoms with Crippen LogP contribution in [0.15, 0.2) is 36.4 Å². The second kappa shape index (κ2) is 6.80. The summed E-state index contributed by atoms with van der Waals surface area (Å²) in [6.07, 6.45) is 0. The van der Waals surface area contributed by atoms with E-state index in [0.29, 0.717) is 5.56 Å². The first-order chi connectivity index (χ1) is 12.0. The number of benzene rings is 1. The first-order valence-electron chi connectivity index (χ1n) is 8.10. The molecule has 130 valence electrons. The van der Waals surface area contributed by atoms with Gasteiger partial charge in [0.15, 0.2) is 0 Å². The second-order valence-corrected chi connectivity index (χ2v) is 5.92. The maximum Gasteiger partial charge on any atom is 0.324 e. The average Bonchev–Trinajstić information content (AvgIpc) is 3.08. The van der Waals surface area contributed by atoms with Crippen LogP contribution in [0.4, 0.5) is 4.79 Å². The van der Waals surface area contributed by atoms with Crippen LogP contribution in [0.3, 0.4) is 0 Å². The van der Waals surface area contributed by atoms with Gasteiger partial charge in [-0.1, -0.05) is 18.2 Å². The van der Waals surface area contributed by atoms with Crippen LogP contribution in [0.5, 0.6) is 0 Å². The highest BCUT2D eigenvalue weighted by Gasteiger charge is 2.28. The van der Waals surface area contributed by atoms with Gasteiger partial charge in [-0.2, -0.15) is 0 Å². The number of aromatic nitrogens is 1. The lowest BCUT2D eigenvalue weighted by Crippen LogP contribution is -2.38. The third-order valence-electron chi connectivity index (χ3n) is 4.25. The predicted octanol–water partition coefficient (Wildman–Crippen LogP) is 1.38. The van der Waals surface area contributed by atoms with Crippen molar-refractivity contribution in [1.82, 2.24) is 20.1 Å². The van der Waals surface area contributed by atoms with E-state index in [1.165, 1.54) is 0 Å². The van der Waals surface area contributed by atoms with Crippen molar-refractivity contribution in [3.05, 3.63) is 53.3 Å². The molecule has 2 heterocycles. The van der Waals surface area contributed by atoms with Crippen LogP contribution in [-0.2, 0) is 4.79 Å². The molecule has 2 aromatic rings. The number of para-hydroxylation sites is 1. The number of carbonyl (C=O) groups excluding carboxylic acids is 3. The lowest BCUT2D eigenvalue weighted by molar-refractivity contribution is -0.124. The maximum atomic E-state index is 12.5. The van der Waals surface area contributed by atoms with Crippen molar-refractivity contribution >= 4 is 17.8 Å². The van der Waals surface area contributed by atoms with E-state index in [1.54, 1.807) is 0 Å². The first-order valence-corrected chi connectivity index (χ1v) is 8.10. The molecule has 0 spiro atoms. The zero-order chi connectivity index (χ0) is 18.0. The Balaban J connectivity index is 1.69. The summed E-state index contributed by atoms with van der Waals surface area (Å²) in [6.45, 7) is 4.24. The highest BCUT2D eigenvalue weighted by atomic mass is 16.2. The van der Waals surface area contributed by atoms with Crippen LogP contribution in [-0.4, -0.2) is 46.9 Å². The van der Waals surface area contributed by atoms with Crippen LogP contribution in [0.1, 0.15) is 21.7 Å². The number of urea groups is 1. The Kier molecular flexibility index (Phi) is 4.56. The van der Waals surface area contributed by atoms with Gasteiger partial charge < -0.3 is 15.2 Å². The number of hydrogen-bond donors (Lipinski definition) is 2. The smallest absolute Gasteiger partial charge is 0.324 e. The molecule has 1 fully saturated rings. The molecule has 1 aromatic carbocycles. The fourth-order valence-electron chi connectivity index (χ4n) is 3.03. The zero-order valence-corrected chi connectivity index (χ0v) is 14.2. The quantitative estimate of drug-likeness (QED) is 0.807.